The average Bonchev–Trinajstić information content (AvgIpc) is 2.31. The lowest BCUT2D eigenvalue weighted by Crippen LogP contribution is -2.30. The van der Waals surface area contributed by atoms with Crippen LogP contribution in [0.4, 0.5) is 8.78 Å². The van der Waals surface area contributed by atoms with Crippen LogP contribution >= 0.6 is 0 Å². The van der Waals surface area contributed by atoms with Gasteiger partial charge in [0.25, 0.3) is 0 Å². The van der Waals surface area contributed by atoms with Gasteiger partial charge in [0.1, 0.15) is 11.6 Å². The van der Waals surface area contributed by atoms with Crippen molar-refractivity contribution in [1.82, 2.24) is 5.32 Å². The number of hydrogen-bond donors (Lipinski definition) is 1. The molecule has 0 spiro atoms. The summed E-state index contributed by atoms with van der Waals surface area (Å²) >= 11 is 0. The minimum absolute atomic E-state index is 0.0997. The van der Waals surface area contributed by atoms with Gasteiger partial charge < -0.3 is 5.32 Å². The molecule has 0 aliphatic rings. The van der Waals surface area contributed by atoms with Gasteiger partial charge in [-0.15, -0.1) is 0 Å². The van der Waals surface area contributed by atoms with E-state index in [0.717, 1.165) is 6.42 Å². The molecule has 0 amide bonds. The van der Waals surface area contributed by atoms with E-state index in [1.165, 1.54) is 12.1 Å². The molecule has 108 valence electrons. The van der Waals surface area contributed by atoms with Gasteiger partial charge in [0.2, 0.25) is 0 Å². The molecule has 1 aromatic carbocycles. The third kappa shape index (κ3) is 4.99. The van der Waals surface area contributed by atoms with Crippen molar-refractivity contribution in [1.29, 1.82) is 0 Å². The highest BCUT2D eigenvalue weighted by Crippen LogP contribution is 2.21. The minimum atomic E-state index is -0.831. The molecule has 0 radical (unpaired) electrons. The molecule has 3 unspecified atom stereocenters. The molecule has 19 heavy (non-hydrogen) atoms. The maximum absolute atomic E-state index is 13.8. The Balaban J connectivity index is 2.70. The topological polar surface area (TPSA) is 29.1 Å². The number of hydrogen-bond acceptors (Lipinski definition) is 2. The summed E-state index contributed by atoms with van der Waals surface area (Å²) in [5.41, 5.74) is 0.635. The zero-order valence-corrected chi connectivity index (χ0v) is 12.6. The molecular weight excluding hydrogens is 268 g/mol. The monoisotopic (exact) mass is 289 g/mol. The molecule has 2 nitrogen and oxygen atoms in total. The Morgan fingerprint density at radius 3 is 2.47 bits per heavy atom. The average molecular weight is 289 g/mol. The molecule has 1 rings (SSSR count). The van der Waals surface area contributed by atoms with E-state index in [1.807, 2.05) is 6.92 Å². The molecule has 0 saturated carbocycles. The molecule has 1 aromatic rings. The van der Waals surface area contributed by atoms with Crippen LogP contribution in [-0.2, 0) is 10.8 Å². The lowest BCUT2D eigenvalue weighted by atomic mass is 10.0. The second kappa shape index (κ2) is 7.10. The van der Waals surface area contributed by atoms with Crippen LogP contribution in [0.15, 0.2) is 12.1 Å². The maximum atomic E-state index is 13.8. The van der Waals surface area contributed by atoms with Crippen molar-refractivity contribution in [2.24, 2.45) is 0 Å². The van der Waals surface area contributed by atoms with Crippen LogP contribution in [0.5, 0.6) is 0 Å². The lowest BCUT2D eigenvalue weighted by molar-refractivity contribution is 0.451. The largest absolute Gasteiger partial charge is 0.308 e. The molecule has 0 fully saturated rings. The highest BCUT2D eigenvalue weighted by atomic mass is 32.2. The molecule has 5 heteroatoms. The van der Waals surface area contributed by atoms with Gasteiger partial charge in [-0.05, 0) is 44.9 Å². The van der Waals surface area contributed by atoms with Gasteiger partial charge in [0.05, 0.1) is 0 Å². The Morgan fingerprint density at radius 1 is 1.26 bits per heavy atom. The summed E-state index contributed by atoms with van der Waals surface area (Å²) in [4.78, 5) is 0. The molecular formula is C14H21F2NOS. The first-order valence-corrected chi connectivity index (χ1v) is 8.05. The van der Waals surface area contributed by atoms with Crippen molar-refractivity contribution in [3.05, 3.63) is 34.9 Å². The van der Waals surface area contributed by atoms with E-state index in [9.17, 15) is 13.0 Å². The van der Waals surface area contributed by atoms with Crippen LogP contribution in [0, 0.1) is 18.6 Å². The number of rotatable bonds is 6. The van der Waals surface area contributed by atoms with Crippen LogP contribution in [0.25, 0.3) is 0 Å². The minimum Gasteiger partial charge on any atom is -0.308 e. The third-order valence-corrected chi connectivity index (χ3v) is 3.93. The third-order valence-electron chi connectivity index (χ3n) is 3.12. The first kappa shape index (κ1) is 16.2. The van der Waals surface area contributed by atoms with Crippen LogP contribution in [0.1, 0.15) is 37.4 Å². The molecule has 0 bridgehead atoms. The second-order valence-electron chi connectivity index (χ2n) is 4.98. The summed E-state index contributed by atoms with van der Waals surface area (Å²) in [6.45, 7) is 5.29. The van der Waals surface area contributed by atoms with Crippen molar-refractivity contribution in [2.45, 2.75) is 39.3 Å². The molecule has 3 atom stereocenters. The van der Waals surface area contributed by atoms with Gasteiger partial charge in [0.15, 0.2) is 0 Å². The van der Waals surface area contributed by atoms with Crippen molar-refractivity contribution in [3.63, 3.8) is 0 Å². The number of nitrogens with one attached hydrogen (secondary N) is 1. The number of halogens is 2. The quantitative estimate of drug-likeness (QED) is 0.872. The van der Waals surface area contributed by atoms with Gasteiger partial charge in [-0.1, -0.05) is 0 Å². The van der Waals surface area contributed by atoms with Gasteiger partial charge >= 0.3 is 0 Å². The van der Waals surface area contributed by atoms with E-state index in [4.69, 9.17) is 0 Å². The van der Waals surface area contributed by atoms with Crippen molar-refractivity contribution in [3.8, 4) is 0 Å². The first-order valence-electron chi connectivity index (χ1n) is 6.33. The summed E-state index contributed by atoms with van der Waals surface area (Å²) in [6, 6.07) is 2.28. The Bertz CT molecular complexity index is 465. The van der Waals surface area contributed by atoms with E-state index in [2.05, 4.69) is 5.32 Å². The number of aryl methyl sites for hydroxylation is 1. The predicted octanol–water partition coefficient (Wildman–Crippen LogP) is 3.08. The van der Waals surface area contributed by atoms with Crippen molar-refractivity contribution >= 4 is 10.8 Å². The molecule has 0 aliphatic carbocycles. The van der Waals surface area contributed by atoms with Crippen LogP contribution < -0.4 is 5.32 Å². The summed E-state index contributed by atoms with van der Waals surface area (Å²) < 4.78 is 38.3. The Labute approximate surface area is 116 Å². The highest BCUT2D eigenvalue weighted by molar-refractivity contribution is 7.84. The fraction of sp³-hybridized carbons (Fsp3) is 0.571. The molecule has 0 saturated heterocycles. The molecule has 1 N–H and O–H groups in total. The molecule has 0 aliphatic heterocycles. The van der Waals surface area contributed by atoms with Gasteiger partial charge in [-0.2, -0.15) is 0 Å². The van der Waals surface area contributed by atoms with Crippen LogP contribution in [0.3, 0.4) is 0 Å². The van der Waals surface area contributed by atoms with E-state index in [1.54, 1.807) is 20.1 Å². The van der Waals surface area contributed by atoms with E-state index in [0.29, 0.717) is 16.9 Å². The summed E-state index contributed by atoms with van der Waals surface area (Å²) in [5.74, 6) is -0.191. The predicted molar refractivity (Wildman–Crippen MR) is 75.7 cm³/mol. The summed E-state index contributed by atoms with van der Waals surface area (Å²) in [6.07, 6.45) is 2.40. The van der Waals surface area contributed by atoms with Gasteiger partial charge in [0, 0.05) is 40.5 Å². The zero-order valence-electron chi connectivity index (χ0n) is 11.8. The van der Waals surface area contributed by atoms with E-state index >= 15 is 0 Å². The SMILES string of the molecule is Cc1cc(F)c(C(C)NC(C)CCS(C)=O)cc1F. The fourth-order valence-electron chi connectivity index (χ4n) is 1.94. The van der Waals surface area contributed by atoms with Crippen LogP contribution in [-0.4, -0.2) is 22.3 Å². The number of benzene rings is 1. The highest BCUT2D eigenvalue weighted by Gasteiger charge is 2.15. The Kier molecular flexibility index (Phi) is 6.07. The normalized spacial score (nSPS) is 16.1. The molecule has 0 heterocycles. The Hall–Kier alpha value is -0.810. The summed E-state index contributed by atoms with van der Waals surface area (Å²) in [5, 5.41) is 3.20. The maximum Gasteiger partial charge on any atom is 0.128 e. The van der Waals surface area contributed by atoms with Gasteiger partial charge in [-0.25, -0.2) is 8.78 Å². The fourth-order valence-corrected chi connectivity index (χ4v) is 2.62. The van der Waals surface area contributed by atoms with Gasteiger partial charge in [-0.3, -0.25) is 4.21 Å². The van der Waals surface area contributed by atoms with E-state index in [-0.39, 0.29) is 12.1 Å². The zero-order chi connectivity index (χ0) is 14.6. The second-order valence-corrected chi connectivity index (χ2v) is 6.53. The Morgan fingerprint density at radius 2 is 1.89 bits per heavy atom. The van der Waals surface area contributed by atoms with Crippen LogP contribution in [0.2, 0.25) is 0 Å². The van der Waals surface area contributed by atoms with Crippen molar-refractivity contribution < 1.29 is 13.0 Å². The van der Waals surface area contributed by atoms with Crippen molar-refractivity contribution in [2.75, 3.05) is 12.0 Å². The smallest absolute Gasteiger partial charge is 0.128 e. The lowest BCUT2D eigenvalue weighted by Gasteiger charge is -2.21. The molecule has 0 aromatic heterocycles. The first-order chi connectivity index (χ1) is 8.81. The summed E-state index contributed by atoms with van der Waals surface area (Å²) in [7, 11) is -0.831. The van der Waals surface area contributed by atoms with E-state index < -0.39 is 22.4 Å². The standard InChI is InChI=1S/C14H21F2NOS/c1-9-7-14(16)12(8-13(9)15)11(3)17-10(2)5-6-19(4)18/h7-8,10-11,17H,5-6H2,1-4H3.